The number of hydrogen-bond acceptors (Lipinski definition) is 7. The number of hydrogen-bond donors (Lipinski definition) is 7. The summed E-state index contributed by atoms with van der Waals surface area (Å²) in [6.07, 6.45) is 0. The maximum absolute atomic E-state index is 9.00. The molecule has 0 aromatic heterocycles. The number of aliphatic carboxylic acids is 4. The molecule has 0 radical (unpaired) electrons. The Morgan fingerprint density at radius 2 is 0.682 bits per heavy atom. The Morgan fingerprint density at radius 1 is 0.636 bits per heavy atom. The highest BCUT2D eigenvalue weighted by atomic mass is 16.4. The molecule has 0 spiro atoms. The minimum absolute atomic E-state index is 0. The van der Waals surface area contributed by atoms with Gasteiger partial charge in [0.25, 0.3) is 23.9 Å². The lowest BCUT2D eigenvalue weighted by Crippen LogP contribution is -2.11. The Kier molecular flexibility index (Phi) is 83.1. The van der Waals surface area contributed by atoms with E-state index in [2.05, 4.69) is 0 Å². The molecule has 0 atom stereocenters. The van der Waals surface area contributed by atoms with E-state index in [1.807, 2.05) is 0 Å². The number of carboxylic acid groups (broad SMARTS) is 4. The first-order chi connectivity index (χ1) is 8.84. The van der Waals surface area contributed by atoms with Gasteiger partial charge < -0.3 is 43.5 Å². The van der Waals surface area contributed by atoms with Gasteiger partial charge in [0.15, 0.2) is 0 Å². The number of rotatable bonds is 1. The normalized spacial score (nSPS) is 5.91. The molecule has 0 aliphatic heterocycles. The van der Waals surface area contributed by atoms with Gasteiger partial charge in [-0.1, -0.05) is 0 Å². The summed E-state index contributed by atoms with van der Waals surface area (Å²) in [5, 5.41) is 29.7. The molecular formula is C10H29N3O9. The second kappa shape index (κ2) is 42.8. The van der Waals surface area contributed by atoms with Crippen LogP contribution in [0, 0.1) is 0 Å². The molecule has 0 unspecified atom stereocenters. The predicted molar refractivity (Wildman–Crippen MR) is 80.0 cm³/mol. The van der Waals surface area contributed by atoms with Gasteiger partial charge in [-0.25, -0.2) is 0 Å². The lowest BCUT2D eigenvalue weighted by Gasteiger charge is -1.72. The van der Waals surface area contributed by atoms with Gasteiger partial charge in [-0.3, -0.25) is 19.2 Å². The first-order valence-corrected chi connectivity index (χ1v) is 5.03. The van der Waals surface area contributed by atoms with Crippen molar-refractivity contribution in [1.82, 2.24) is 6.15 Å². The first-order valence-electron chi connectivity index (χ1n) is 5.03. The Morgan fingerprint density at radius 3 is 0.682 bits per heavy atom. The Labute approximate surface area is 128 Å². The summed E-state index contributed by atoms with van der Waals surface area (Å²) in [6, 6.07) is 0. The highest BCUT2D eigenvalue weighted by molar-refractivity contribution is 5.63. The molecule has 22 heavy (non-hydrogen) atoms. The second-order valence-corrected chi connectivity index (χ2v) is 2.65. The van der Waals surface area contributed by atoms with E-state index >= 15 is 0 Å². The van der Waals surface area contributed by atoms with Crippen LogP contribution in [0.25, 0.3) is 0 Å². The van der Waals surface area contributed by atoms with Gasteiger partial charge in [-0.2, -0.15) is 0 Å². The largest absolute Gasteiger partial charge is 0.481 e. The van der Waals surface area contributed by atoms with Crippen molar-refractivity contribution in [2.45, 2.75) is 27.7 Å². The van der Waals surface area contributed by atoms with Crippen LogP contribution in [0.15, 0.2) is 0 Å². The van der Waals surface area contributed by atoms with Crippen LogP contribution < -0.4 is 17.6 Å². The average Bonchev–Trinajstić information content (AvgIpc) is 2.13. The first kappa shape index (κ1) is 42.7. The van der Waals surface area contributed by atoms with Gasteiger partial charge in [-0.05, 0) is 0 Å². The quantitative estimate of drug-likeness (QED) is 0.292. The molecule has 0 saturated heterocycles. The number of carbonyl (C=O) groups is 4. The molecule has 0 aliphatic carbocycles. The molecule has 12 heteroatoms. The van der Waals surface area contributed by atoms with E-state index in [1.54, 1.807) is 0 Å². The van der Waals surface area contributed by atoms with Gasteiger partial charge in [0.1, 0.15) is 0 Å². The van der Waals surface area contributed by atoms with Crippen molar-refractivity contribution in [2.75, 3.05) is 13.1 Å². The van der Waals surface area contributed by atoms with Gasteiger partial charge >= 0.3 is 0 Å². The van der Waals surface area contributed by atoms with Gasteiger partial charge in [-0.15, -0.1) is 0 Å². The summed E-state index contributed by atoms with van der Waals surface area (Å²) in [6.45, 7) is 5.53. The SMILES string of the molecule is CC(=O)O.CC(=O)O.CC(=O)O.CC(=O)O.N.NCCN.O. The number of carboxylic acids is 4. The molecule has 13 N–H and O–H groups in total. The minimum atomic E-state index is -0.833. The van der Waals surface area contributed by atoms with Crippen molar-refractivity contribution in [3.63, 3.8) is 0 Å². The number of nitrogens with two attached hydrogens (primary N) is 2. The summed E-state index contributed by atoms with van der Waals surface area (Å²) in [7, 11) is 0. The van der Waals surface area contributed by atoms with Crippen LogP contribution >= 0.6 is 0 Å². The monoisotopic (exact) mass is 335 g/mol. The predicted octanol–water partition coefficient (Wildman–Crippen LogP) is -1.40. The summed E-state index contributed by atoms with van der Waals surface area (Å²) in [5.41, 5.74) is 9.81. The summed E-state index contributed by atoms with van der Waals surface area (Å²) in [4.78, 5) is 36.0. The fraction of sp³-hybridized carbons (Fsp3) is 0.600. The summed E-state index contributed by atoms with van der Waals surface area (Å²) < 4.78 is 0. The lowest BCUT2D eigenvalue weighted by atomic mass is 10.7. The molecule has 12 nitrogen and oxygen atoms in total. The fourth-order valence-corrected chi connectivity index (χ4v) is 0. The fourth-order valence-electron chi connectivity index (χ4n) is 0. The van der Waals surface area contributed by atoms with Gasteiger partial charge in [0.2, 0.25) is 0 Å². The van der Waals surface area contributed by atoms with Crippen LogP contribution in [0.3, 0.4) is 0 Å². The molecule has 0 aromatic carbocycles. The highest BCUT2D eigenvalue weighted by Crippen LogP contribution is 1.43. The van der Waals surface area contributed by atoms with E-state index in [0.717, 1.165) is 27.7 Å². The van der Waals surface area contributed by atoms with Gasteiger partial charge in [0, 0.05) is 40.8 Å². The van der Waals surface area contributed by atoms with E-state index in [4.69, 9.17) is 51.1 Å². The Bertz CT molecular complexity index is 194. The average molecular weight is 335 g/mol. The smallest absolute Gasteiger partial charge is 0.300 e. The van der Waals surface area contributed by atoms with Gasteiger partial charge in [0.05, 0.1) is 0 Å². The van der Waals surface area contributed by atoms with Crippen LogP contribution in [-0.2, 0) is 19.2 Å². The van der Waals surface area contributed by atoms with Crippen molar-refractivity contribution in [3.8, 4) is 0 Å². The van der Waals surface area contributed by atoms with Crippen LogP contribution in [-0.4, -0.2) is 62.9 Å². The topological polar surface area (TPSA) is 268 Å². The van der Waals surface area contributed by atoms with Crippen molar-refractivity contribution < 1.29 is 45.1 Å². The Hall–Kier alpha value is -2.28. The van der Waals surface area contributed by atoms with Crippen LogP contribution in [0.4, 0.5) is 0 Å². The molecule has 138 valence electrons. The molecule has 0 amide bonds. The third kappa shape index (κ3) is 3020. The maximum atomic E-state index is 9.00. The molecule has 0 bridgehead atoms. The molecule has 0 aliphatic rings. The zero-order valence-electron chi connectivity index (χ0n) is 13.2. The van der Waals surface area contributed by atoms with Crippen molar-refractivity contribution >= 4 is 23.9 Å². The summed E-state index contributed by atoms with van der Waals surface area (Å²) in [5.74, 6) is -3.33. The summed E-state index contributed by atoms with van der Waals surface area (Å²) >= 11 is 0. The van der Waals surface area contributed by atoms with Crippen LogP contribution in [0.5, 0.6) is 0 Å². The Balaban J connectivity index is -0.0000000250. The van der Waals surface area contributed by atoms with E-state index in [0.29, 0.717) is 13.1 Å². The van der Waals surface area contributed by atoms with E-state index < -0.39 is 23.9 Å². The van der Waals surface area contributed by atoms with E-state index in [-0.39, 0.29) is 11.6 Å². The lowest BCUT2D eigenvalue weighted by molar-refractivity contribution is -0.135. The second-order valence-electron chi connectivity index (χ2n) is 2.65. The third-order valence-corrected chi connectivity index (χ3v) is 0.167. The maximum Gasteiger partial charge on any atom is 0.300 e. The molecule has 0 saturated carbocycles. The highest BCUT2D eigenvalue weighted by Gasteiger charge is 1.66. The van der Waals surface area contributed by atoms with Crippen molar-refractivity contribution in [1.29, 1.82) is 0 Å². The molecule has 0 rings (SSSR count). The van der Waals surface area contributed by atoms with Crippen LogP contribution in [0.2, 0.25) is 0 Å². The zero-order valence-corrected chi connectivity index (χ0v) is 13.2. The van der Waals surface area contributed by atoms with E-state index in [9.17, 15) is 0 Å². The standard InChI is InChI=1S/C2H8N2.4C2H4O2.H3N.H2O/c3-1-2-4;4*1-2(3)4;;/h1-4H2;4*1H3,(H,3,4);1H3;1H2. The third-order valence-electron chi connectivity index (χ3n) is 0.167. The molecule has 0 fully saturated rings. The van der Waals surface area contributed by atoms with Crippen molar-refractivity contribution in [3.05, 3.63) is 0 Å². The zero-order chi connectivity index (χ0) is 17.7. The molecular weight excluding hydrogens is 306 g/mol. The van der Waals surface area contributed by atoms with E-state index in [1.165, 1.54) is 0 Å². The molecule has 0 aromatic rings. The minimum Gasteiger partial charge on any atom is -0.481 e. The van der Waals surface area contributed by atoms with Crippen LogP contribution in [0.1, 0.15) is 27.7 Å². The molecule has 0 heterocycles. The van der Waals surface area contributed by atoms with Crippen molar-refractivity contribution in [2.24, 2.45) is 11.5 Å².